The van der Waals surface area contributed by atoms with Crippen LogP contribution in [0.5, 0.6) is 0 Å². The molecule has 0 radical (unpaired) electrons. The van der Waals surface area contributed by atoms with Crippen molar-refractivity contribution in [3.05, 3.63) is 16.6 Å². The van der Waals surface area contributed by atoms with Gasteiger partial charge in [-0.15, -0.1) is 11.3 Å². The molecular formula is C5H8N2OS. The van der Waals surface area contributed by atoms with Gasteiger partial charge in [0, 0.05) is 18.1 Å². The second kappa shape index (κ2) is 2.91. The van der Waals surface area contributed by atoms with Gasteiger partial charge in [-0.25, -0.2) is 0 Å². The lowest BCUT2D eigenvalue weighted by Crippen LogP contribution is -2.10. The molecule has 0 aromatic carbocycles. The highest BCUT2D eigenvalue weighted by molar-refractivity contribution is 7.09. The average Bonchev–Trinajstić information content (AvgIpc) is 2.15. The van der Waals surface area contributed by atoms with E-state index >= 15 is 0 Å². The van der Waals surface area contributed by atoms with Gasteiger partial charge >= 0.3 is 0 Å². The largest absolute Gasteiger partial charge is 0.314 e. The van der Waals surface area contributed by atoms with Crippen molar-refractivity contribution in [3.8, 4) is 0 Å². The zero-order valence-corrected chi connectivity index (χ0v) is 5.93. The van der Waals surface area contributed by atoms with Gasteiger partial charge in [0.25, 0.3) is 0 Å². The molecule has 4 heteroatoms. The summed E-state index contributed by atoms with van der Waals surface area (Å²) in [7, 11) is 1.61. The standard InChI is InChI=1S/C5H8N2OS/c1-7(8)3-5-2-6-4-9-5/h2,4,8H,3H2,1H3. The first-order chi connectivity index (χ1) is 4.29. The molecule has 0 fully saturated rings. The van der Waals surface area contributed by atoms with Gasteiger partial charge < -0.3 is 5.21 Å². The fraction of sp³-hybridized carbons (Fsp3) is 0.400. The third-order valence-electron chi connectivity index (χ3n) is 0.868. The van der Waals surface area contributed by atoms with E-state index in [0.717, 1.165) is 9.94 Å². The predicted octanol–water partition coefficient (Wildman–Crippen LogP) is 0.964. The third-order valence-corrected chi connectivity index (χ3v) is 1.63. The van der Waals surface area contributed by atoms with Gasteiger partial charge in [0.2, 0.25) is 0 Å². The van der Waals surface area contributed by atoms with E-state index in [-0.39, 0.29) is 0 Å². The predicted molar refractivity (Wildman–Crippen MR) is 35.4 cm³/mol. The van der Waals surface area contributed by atoms with Gasteiger partial charge in [-0.1, -0.05) is 0 Å². The van der Waals surface area contributed by atoms with Crippen LogP contribution in [0, 0.1) is 0 Å². The van der Waals surface area contributed by atoms with Crippen molar-refractivity contribution in [2.45, 2.75) is 6.54 Å². The molecule has 0 saturated heterocycles. The van der Waals surface area contributed by atoms with Crippen LogP contribution < -0.4 is 0 Å². The first kappa shape index (κ1) is 6.67. The van der Waals surface area contributed by atoms with E-state index < -0.39 is 0 Å². The molecule has 0 saturated carbocycles. The van der Waals surface area contributed by atoms with Gasteiger partial charge in [-0.3, -0.25) is 4.98 Å². The summed E-state index contributed by atoms with van der Waals surface area (Å²) >= 11 is 1.54. The van der Waals surface area contributed by atoms with Crippen LogP contribution in [-0.4, -0.2) is 22.3 Å². The lowest BCUT2D eigenvalue weighted by Gasteiger charge is -2.02. The summed E-state index contributed by atoms with van der Waals surface area (Å²) in [6, 6.07) is 0. The molecule has 0 bridgehead atoms. The van der Waals surface area contributed by atoms with Gasteiger partial charge in [0.15, 0.2) is 0 Å². The minimum absolute atomic E-state index is 0.560. The number of hydrogen-bond acceptors (Lipinski definition) is 4. The van der Waals surface area contributed by atoms with Gasteiger partial charge in [-0.2, -0.15) is 5.06 Å². The van der Waals surface area contributed by atoms with E-state index in [0.29, 0.717) is 6.54 Å². The van der Waals surface area contributed by atoms with Crippen LogP contribution in [0.1, 0.15) is 4.88 Å². The number of hydroxylamine groups is 2. The maximum atomic E-state index is 8.74. The van der Waals surface area contributed by atoms with Crippen LogP contribution >= 0.6 is 11.3 Å². The topological polar surface area (TPSA) is 36.4 Å². The molecule has 0 aliphatic rings. The molecule has 0 aliphatic heterocycles. The molecular weight excluding hydrogens is 136 g/mol. The van der Waals surface area contributed by atoms with E-state index in [1.165, 1.54) is 11.3 Å². The van der Waals surface area contributed by atoms with E-state index in [2.05, 4.69) is 4.98 Å². The van der Waals surface area contributed by atoms with E-state index in [4.69, 9.17) is 5.21 Å². The molecule has 0 atom stereocenters. The molecule has 3 nitrogen and oxygen atoms in total. The van der Waals surface area contributed by atoms with Gasteiger partial charge in [0.05, 0.1) is 12.1 Å². The Morgan fingerprint density at radius 1 is 1.89 bits per heavy atom. The van der Waals surface area contributed by atoms with Gasteiger partial charge in [0.1, 0.15) is 0 Å². The van der Waals surface area contributed by atoms with E-state index in [1.54, 1.807) is 18.8 Å². The fourth-order valence-electron chi connectivity index (χ4n) is 0.546. The summed E-state index contributed by atoms with van der Waals surface area (Å²) in [6.07, 6.45) is 1.75. The van der Waals surface area contributed by atoms with Crippen molar-refractivity contribution < 1.29 is 5.21 Å². The Kier molecular flexibility index (Phi) is 2.16. The summed E-state index contributed by atoms with van der Waals surface area (Å²) in [4.78, 5) is 4.93. The molecule has 1 heterocycles. The molecule has 0 unspecified atom stereocenters. The van der Waals surface area contributed by atoms with E-state index in [1.807, 2.05) is 0 Å². The van der Waals surface area contributed by atoms with Crippen LogP contribution in [0.15, 0.2) is 11.7 Å². The zero-order chi connectivity index (χ0) is 6.69. The second-order valence-electron chi connectivity index (χ2n) is 1.78. The van der Waals surface area contributed by atoms with Crippen molar-refractivity contribution in [2.24, 2.45) is 0 Å². The highest BCUT2D eigenvalue weighted by Crippen LogP contribution is 2.06. The molecule has 1 aromatic rings. The maximum absolute atomic E-state index is 8.74. The summed E-state index contributed by atoms with van der Waals surface area (Å²) < 4.78 is 0. The lowest BCUT2D eigenvalue weighted by molar-refractivity contribution is -0.0723. The minimum atomic E-state index is 0.560. The molecule has 9 heavy (non-hydrogen) atoms. The van der Waals surface area contributed by atoms with Crippen molar-refractivity contribution in [1.29, 1.82) is 0 Å². The summed E-state index contributed by atoms with van der Waals surface area (Å²) in [5.41, 5.74) is 1.75. The molecule has 0 amide bonds. The number of hydrogen-bond donors (Lipinski definition) is 1. The quantitative estimate of drug-likeness (QED) is 0.628. The molecule has 50 valence electrons. The summed E-state index contributed by atoms with van der Waals surface area (Å²) in [5, 5.41) is 9.87. The van der Waals surface area contributed by atoms with Crippen molar-refractivity contribution in [2.75, 3.05) is 7.05 Å². The molecule has 1 N–H and O–H groups in total. The number of nitrogens with zero attached hydrogens (tertiary/aromatic N) is 2. The smallest absolute Gasteiger partial charge is 0.0794 e. The number of aromatic nitrogens is 1. The lowest BCUT2D eigenvalue weighted by atomic mass is 10.5. The normalized spacial score (nSPS) is 10.6. The number of thiazole rings is 1. The monoisotopic (exact) mass is 144 g/mol. The maximum Gasteiger partial charge on any atom is 0.0794 e. The summed E-state index contributed by atoms with van der Waals surface area (Å²) in [6.45, 7) is 0.560. The van der Waals surface area contributed by atoms with Gasteiger partial charge in [-0.05, 0) is 0 Å². The second-order valence-corrected chi connectivity index (χ2v) is 2.75. The molecule has 0 spiro atoms. The Morgan fingerprint density at radius 2 is 2.67 bits per heavy atom. The molecule has 0 aliphatic carbocycles. The third kappa shape index (κ3) is 2.09. The van der Waals surface area contributed by atoms with Crippen LogP contribution in [0.3, 0.4) is 0 Å². The van der Waals surface area contributed by atoms with Crippen molar-refractivity contribution in [1.82, 2.24) is 10.0 Å². The van der Waals surface area contributed by atoms with Crippen LogP contribution in [0.2, 0.25) is 0 Å². The Morgan fingerprint density at radius 3 is 3.11 bits per heavy atom. The zero-order valence-electron chi connectivity index (χ0n) is 5.11. The van der Waals surface area contributed by atoms with Crippen LogP contribution in [0.4, 0.5) is 0 Å². The van der Waals surface area contributed by atoms with E-state index in [9.17, 15) is 0 Å². The first-order valence-corrected chi connectivity index (χ1v) is 3.44. The van der Waals surface area contributed by atoms with Crippen molar-refractivity contribution in [3.63, 3.8) is 0 Å². The molecule has 1 rings (SSSR count). The Hall–Kier alpha value is -0.450. The number of rotatable bonds is 2. The first-order valence-electron chi connectivity index (χ1n) is 2.56. The highest BCUT2D eigenvalue weighted by Gasteiger charge is 1.95. The Labute approximate surface area is 57.5 Å². The Balaban J connectivity index is 2.48. The average molecular weight is 144 g/mol. The SMILES string of the molecule is CN(O)Cc1cncs1. The highest BCUT2D eigenvalue weighted by atomic mass is 32.1. The van der Waals surface area contributed by atoms with Crippen molar-refractivity contribution >= 4 is 11.3 Å². The Bertz CT molecular complexity index is 161. The van der Waals surface area contributed by atoms with Crippen LogP contribution in [-0.2, 0) is 6.54 Å². The fourth-order valence-corrected chi connectivity index (χ4v) is 1.19. The summed E-state index contributed by atoms with van der Waals surface area (Å²) in [5.74, 6) is 0. The minimum Gasteiger partial charge on any atom is -0.314 e. The van der Waals surface area contributed by atoms with Crippen LogP contribution in [0.25, 0.3) is 0 Å². The molecule has 1 aromatic heterocycles.